The van der Waals surface area contributed by atoms with Gasteiger partial charge >= 0.3 is 0 Å². The second kappa shape index (κ2) is 6.60. The Kier molecular flexibility index (Phi) is 4.37. The van der Waals surface area contributed by atoms with E-state index in [-0.39, 0.29) is 0 Å². The first-order valence-electron chi connectivity index (χ1n) is 7.90. The molecule has 23 heavy (non-hydrogen) atoms. The number of aromatic nitrogens is 2. The van der Waals surface area contributed by atoms with Gasteiger partial charge in [0.1, 0.15) is 5.75 Å². The van der Waals surface area contributed by atoms with Crippen molar-refractivity contribution in [2.24, 2.45) is 0 Å². The van der Waals surface area contributed by atoms with Crippen molar-refractivity contribution in [2.75, 3.05) is 30.4 Å². The van der Waals surface area contributed by atoms with Gasteiger partial charge in [-0.3, -0.25) is 0 Å². The Hall–Kier alpha value is -2.69. The number of rotatable bonds is 6. The van der Waals surface area contributed by atoms with E-state index in [0.717, 1.165) is 35.6 Å². The van der Waals surface area contributed by atoms with Gasteiger partial charge in [0.2, 0.25) is 5.95 Å². The Balaban J connectivity index is 1.91. The molecule has 0 aliphatic heterocycles. The highest BCUT2D eigenvalue weighted by molar-refractivity contribution is 5.82. The van der Waals surface area contributed by atoms with Crippen LogP contribution in [0.2, 0.25) is 0 Å². The number of aromatic amines is 1. The van der Waals surface area contributed by atoms with Crippen molar-refractivity contribution in [1.29, 1.82) is 0 Å². The summed E-state index contributed by atoms with van der Waals surface area (Å²) in [5, 5.41) is 3.28. The molecule has 2 N–H and O–H groups in total. The van der Waals surface area contributed by atoms with Gasteiger partial charge in [-0.25, -0.2) is 4.98 Å². The molecule has 0 aliphatic carbocycles. The lowest BCUT2D eigenvalue weighted by molar-refractivity contribution is 0.417. The molecule has 0 saturated carbocycles. The summed E-state index contributed by atoms with van der Waals surface area (Å²) in [5.74, 6) is 1.50. The van der Waals surface area contributed by atoms with Gasteiger partial charge in [-0.2, -0.15) is 0 Å². The summed E-state index contributed by atoms with van der Waals surface area (Å²) in [6.07, 6.45) is 0. The van der Waals surface area contributed by atoms with Crippen molar-refractivity contribution in [3.63, 3.8) is 0 Å². The van der Waals surface area contributed by atoms with Gasteiger partial charge < -0.3 is 19.9 Å². The number of nitrogens with one attached hydrogen (secondary N) is 2. The fourth-order valence-electron chi connectivity index (χ4n) is 2.72. The monoisotopic (exact) mass is 310 g/mol. The number of para-hydroxylation sites is 2. The summed E-state index contributed by atoms with van der Waals surface area (Å²) in [6, 6.07) is 14.1. The summed E-state index contributed by atoms with van der Waals surface area (Å²) < 4.78 is 5.36. The minimum absolute atomic E-state index is 0.709. The Morgan fingerprint density at radius 1 is 1.13 bits per heavy atom. The first-order chi connectivity index (χ1) is 11.2. The molecular formula is C18H22N4O. The molecule has 0 spiro atoms. The number of hydrogen-bond acceptors (Lipinski definition) is 4. The third kappa shape index (κ3) is 3.08. The lowest BCUT2D eigenvalue weighted by Gasteiger charge is -2.20. The van der Waals surface area contributed by atoms with Crippen molar-refractivity contribution in [3.8, 4) is 5.75 Å². The van der Waals surface area contributed by atoms with Crippen LogP contribution in [0.4, 0.5) is 17.3 Å². The van der Waals surface area contributed by atoms with E-state index in [1.165, 1.54) is 5.69 Å². The quantitative estimate of drug-likeness (QED) is 0.718. The van der Waals surface area contributed by atoms with Gasteiger partial charge in [0.05, 0.1) is 23.8 Å². The van der Waals surface area contributed by atoms with Crippen LogP contribution in [0.15, 0.2) is 42.5 Å². The molecule has 5 heteroatoms. The van der Waals surface area contributed by atoms with Crippen LogP contribution in [0.25, 0.3) is 11.0 Å². The molecule has 0 amide bonds. The van der Waals surface area contributed by atoms with E-state index in [1.807, 2.05) is 30.3 Å². The molecule has 0 fully saturated rings. The molecule has 120 valence electrons. The molecule has 0 radical (unpaired) electrons. The highest BCUT2D eigenvalue weighted by atomic mass is 16.5. The maximum atomic E-state index is 5.36. The zero-order valence-electron chi connectivity index (χ0n) is 13.8. The normalized spacial score (nSPS) is 10.7. The van der Waals surface area contributed by atoms with Crippen LogP contribution in [0, 0.1) is 0 Å². The van der Waals surface area contributed by atoms with Gasteiger partial charge in [-0.05, 0) is 44.2 Å². The summed E-state index contributed by atoms with van der Waals surface area (Å²) in [4.78, 5) is 10.2. The molecular weight excluding hydrogens is 288 g/mol. The van der Waals surface area contributed by atoms with Crippen molar-refractivity contribution in [2.45, 2.75) is 13.8 Å². The minimum atomic E-state index is 0.709. The van der Waals surface area contributed by atoms with Crippen LogP contribution < -0.4 is 15.0 Å². The minimum Gasteiger partial charge on any atom is -0.495 e. The van der Waals surface area contributed by atoms with Crippen LogP contribution in [0.5, 0.6) is 5.75 Å². The summed E-state index contributed by atoms with van der Waals surface area (Å²) in [7, 11) is 1.66. The molecule has 0 aliphatic rings. The number of anilines is 3. The van der Waals surface area contributed by atoms with Crippen molar-refractivity contribution < 1.29 is 4.74 Å². The SMILES string of the molecule is CCN(CC)c1ccc2nc(Nc3ccccc3OC)[nH]c2c1. The molecule has 1 aromatic heterocycles. The maximum Gasteiger partial charge on any atom is 0.205 e. The predicted molar refractivity (Wildman–Crippen MR) is 95.9 cm³/mol. The molecule has 0 atom stereocenters. The summed E-state index contributed by atoms with van der Waals surface area (Å²) in [6.45, 7) is 6.30. The molecule has 0 unspecified atom stereocenters. The molecule has 3 aromatic rings. The zero-order chi connectivity index (χ0) is 16.2. The third-order valence-corrected chi connectivity index (χ3v) is 3.95. The smallest absolute Gasteiger partial charge is 0.205 e. The average molecular weight is 310 g/mol. The molecule has 0 bridgehead atoms. The second-order valence-electron chi connectivity index (χ2n) is 5.28. The fourth-order valence-corrected chi connectivity index (χ4v) is 2.72. The standard InChI is InChI=1S/C18H22N4O/c1-4-22(5-2)13-10-11-14-16(12-13)21-18(19-14)20-15-8-6-7-9-17(15)23-3/h6-12H,4-5H2,1-3H3,(H2,19,20,21). The number of H-pyrrole nitrogens is 1. The van der Waals surface area contributed by atoms with Gasteiger partial charge in [0.15, 0.2) is 0 Å². The molecule has 0 saturated heterocycles. The van der Waals surface area contributed by atoms with Gasteiger partial charge in [-0.1, -0.05) is 12.1 Å². The topological polar surface area (TPSA) is 53.2 Å². The Bertz CT molecular complexity index is 793. The molecule has 3 rings (SSSR count). The highest BCUT2D eigenvalue weighted by Crippen LogP contribution is 2.28. The first-order valence-corrected chi connectivity index (χ1v) is 7.90. The largest absolute Gasteiger partial charge is 0.495 e. The van der Waals surface area contributed by atoms with Gasteiger partial charge in [-0.15, -0.1) is 0 Å². The number of fused-ring (bicyclic) bond motifs is 1. The van der Waals surface area contributed by atoms with Crippen molar-refractivity contribution in [3.05, 3.63) is 42.5 Å². The number of methoxy groups -OCH3 is 1. The predicted octanol–water partition coefficient (Wildman–Crippen LogP) is 4.16. The summed E-state index contributed by atoms with van der Waals surface area (Å²) >= 11 is 0. The van der Waals surface area contributed by atoms with Crippen LogP contribution in [0.3, 0.4) is 0 Å². The number of nitrogens with zero attached hydrogens (tertiary/aromatic N) is 2. The van der Waals surface area contributed by atoms with Crippen LogP contribution in [-0.4, -0.2) is 30.2 Å². The van der Waals surface area contributed by atoms with Gasteiger partial charge in [0, 0.05) is 18.8 Å². The average Bonchev–Trinajstić information content (AvgIpc) is 2.98. The Morgan fingerprint density at radius 3 is 2.65 bits per heavy atom. The van der Waals surface area contributed by atoms with Crippen LogP contribution in [0.1, 0.15) is 13.8 Å². The van der Waals surface area contributed by atoms with Crippen molar-refractivity contribution >= 4 is 28.4 Å². The third-order valence-electron chi connectivity index (χ3n) is 3.95. The molecule has 5 nitrogen and oxygen atoms in total. The van der Waals surface area contributed by atoms with Crippen LogP contribution >= 0.6 is 0 Å². The fraction of sp³-hybridized carbons (Fsp3) is 0.278. The van der Waals surface area contributed by atoms with Crippen LogP contribution in [-0.2, 0) is 0 Å². The Labute approximate surface area is 136 Å². The van der Waals surface area contributed by atoms with E-state index < -0.39 is 0 Å². The van der Waals surface area contributed by atoms with E-state index in [2.05, 4.69) is 46.2 Å². The molecule has 1 heterocycles. The summed E-state index contributed by atoms with van der Waals surface area (Å²) in [5.41, 5.74) is 4.05. The number of imidazole rings is 1. The molecule has 2 aromatic carbocycles. The highest BCUT2D eigenvalue weighted by Gasteiger charge is 2.08. The van der Waals surface area contributed by atoms with E-state index in [9.17, 15) is 0 Å². The van der Waals surface area contributed by atoms with E-state index in [1.54, 1.807) is 7.11 Å². The van der Waals surface area contributed by atoms with Gasteiger partial charge in [0.25, 0.3) is 0 Å². The van der Waals surface area contributed by atoms with E-state index in [0.29, 0.717) is 5.95 Å². The lowest BCUT2D eigenvalue weighted by atomic mass is 10.2. The number of ether oxygens (including phenoxy) is 1. The Morgan fingerprint density at radius 2 is 1.91 bits per heavy atom. The lowest BCUT2D eigenvalue weighted by Crippen LogP contribution is -2.21. The van der Waals surface area contributed by atoms with E-state index >= 15 is 0 Å². The first kappa shape index (κ1) is 15.2. The zero-order valence-corrected chi connectivity index (χ0v) is 13.8. The van der Waals surface area contributed by atoms with E-state index in [4.69, 9.17) is 4.74 Å². The number of benzene rings is 2. The second-order valence-corrected chi connectivity index (χ2v) is 5.28. The maximum absolute atomic E-state index is 5.36. The van der Waals surface area contributed by atoms with Crippen molar-refractivity contribution in [1.82, 2.24) is 9.97 Å². The number of hydrogen-bond donors (Lipinski definition) is 2.